The molecule has 0 radical (unpaired) electrons. The number of rotatable bonds is 6. The van der Waals surface area contributed by atoms with Crippen LogP contribution in [0.5, 0.6) is 5.75 Å². The number of carbonyl (C=O) groups is 1. The fraction of sp³-hybridized carbons (Fsp3) is 0.364. The van der Waals surface area contributed by atoms with Crippen LogP contribution in [0.4, 0.5) is 0 Å². The average Bonchev–Trinajstić information content (AvgIpc) is 3.27. The van der Waals surface area contributed by atoms with E-state index in [1.54, 1.807) is 13.1 Å². The Bertz CT molecular complexity index is 965. The highest BCUT2D eigenvalue weighted by molar-refractivity contribution is 5.88. The molecular formula is C22H26N4O3. The number of H-pyrrole nitrogens is 1. The molecule has 152 valence electrons. The molecule has 4 rings (SSSR count). The minimum absolute atomic E-state index is 0.113. The number of aliphatic hydroxyl groups is 1. The summed E-state index contributed by atoms with van der Waals surface area (Å²) in [6, 6.07) is 12.2. The number of hydrogen-bond donors (Lipinski definition) is 2. The lowest BCUT2D eigenvalue weighted by molar-refractivity contribution is -0.130. The number of fused-ring (bicyclic) bond motifs is 1. The van der Waals surface area contributed by atoms with Crippen molar-refractivity contribution in [3.63, 3.8) is 0 Å². The number of hydrogen-bond acceptors (Lipinski definition) is 5. The van der Waals surface area contributed by atoms with Crippen molar-refractivity contribution < 1.29 is 14.6 Å². The molecule has 2 N–H and O–H groups in total. The van der Waals surface area contributed by atoms with Crippen LogP contribution in [0.2, 0.25) is 0 Å². The summed E-state index contributed by atoms with van der Waals surface area (Å²) in [5.74, 6) is 0.857. The lowest BCUT2D eigenvalue weighted by atomic mass is 10.0. The molecule has 1 unspecified atom stereocenters. The average molecular weight is 394 g/mol. The number of aromatic nitrogens is 2. The molecule has 1 atom stereocenters. The Morgan fingerprint density at radius 3 is 2.62 bits per heavy atom. The van der Waals surface area contributed by atoms with Gasteiger partial charge in [0.1, 0.15) is 18.5 Å². The maximum Gasteiger partial charge on any atom is 0.219 e. The first-order chi connectivity index (χ1) is 14.1. The Balaban J connectivity index is 1.31. The number of nitrogens with zero attached hydrogens (tertiary/aromatic N) is 3. The van der Waals surface area contributed by atoms with Crippen LogP contribution in [0, 0.1) is 0 Å². The minimum Gasteiger partial charge on any atom is -0.491 e. The summed E-state index contributed by atoms with van der Waals surface area (Å²) in [5, 5.41) is 19.4. The third kappa shape index (κ3) is 4.75. The van der Waals surface area contributed by atoms with Crippen molar-refractivity contribution in [2.24, 2.45) is 0 Å². The molecule has 29 heavy (non-hydrogen) atoms. The van der Waals surface area contributed by atoms with Crippen molar-refractivity contribution >= 4 is 16.7 Å². The molecule has 1 fully saturated rings. The zero-order valence-corrected chi connectivity index (χ0v) is 16.5. The Kier molecular flexibility index (Phi) is 5.78. The van der Waals surface area contributed by atoms with E-state index in [-0.39, 0.29) is 12.5 Å². The van der Waals surface area contributed by atoms with Crippen LogP contribution in [-0.4, -0.2) is 76.4 Å². The largest absolute Gasteiger partial charge is 0.491 e. The third-order valence-corrected chi connectivity index (χ3v) is 5.37. The molecule has 0 bridgehead atoms. The van der Waals surface area contributed by atoms with E-state index in [1.165, 1.54) is 0 Å². The fourth-order valence-corrected chi connectivity index (χ4v) is 3.69. The molecule has 0 spiro atoms. The van der Waals surface area contributed by atoms with Gasteiger partial charge in [0.25, 0.3) is 0 Å². The topological polar surface area (TPSA) is 81.7 Å². The first-order valence-electron chi connectivity index (χ1n) is 9.90. The van der Waals surface area contributed by atoms with E-state index < -0.39 is 6.10 Å². The SMILES string of the molecule is CC(=O)N1CCN(CC(O)COc2ccc3cc(-c4cn[nH]c4)ccc3c2)CC1. The van der Waals surface area contributed by atoms with Crippen LogP contribution in [0.25, 0.3) is 21.9 Å². The van der Waals surface area contributed by atoms with E-state index in [2.05, 4.69) is 33.3 Å². The summed E-state index contributed by atoms with van der Waals surface area (Å²) >= 11 is 0. The second-order valence-electron chi connectivity index (χ2n) is 7.48. The highest BCUT2D eigenvalue weighted by Gasteiger charge is 2.20. The molecule has 1 aliphatic heterocycles. The second kappa shape index (κ2) is 8.63. The number of piperazine rings is 1. The zero-order chi connectivity index (χ0) is 20.2. The highest BCUT2D eigenvalue weighted by Crippen LogP contribution is 2.26. The number of β-amino-alcohol motifs (C(OH)–C–C–N with tert-alkyl or cyclic N) is 1. The number of aliphatic hydroxyl groups excluding tert-OH is 1. The van der Waals surface area contributed by atoms with Crippen molar-refractivity contribution in [2.75, 3.05) is 39.3 Å². The predicted octanol–water partition coefficient (Wildman–Crippen LogP) is 2.13. The van der Waals surface area contributed by atoms with E-state index in [4.69, 9.17) is 4.74 Å². The first kappa shape index (κ1) is 19.4. The standard InChI is InChI=1S/C22H26N4O3/c1-16(27)26-8-6-25(7-9-26)14-21(28)15-29-22-5-4-17-10-18(2-3-19(17)11-22)20-12-23-24-13-20/h2-5,10-13,21,28H,6-9,14-15H2,1H3,(H,23,24). The molecule has 1 amide bonds. The van der Waals surface area contributed by atoms with Gasteiger partial charge in [0, 0.05) is 51.4 Å². The van der Waals surface area contributed by atoms with Crippen molar-refractivity contribution in [2.45, 2.75) is 13.0 Å². The molecular weight excluding hydrogens is 368 g/mol. The lowest BCUT2D eigenvalue weighted by Gasteiger charge is -2.35. The van der Waals surface area contributed by atoms with E-state index in [1.807, 2.05) is 29.3 Å². The van der Waals surface area contributed by atoms with E-state index in [0.717, 1.165) is 40.7 Å². The van der Waals surface area contributed by atoms with Gasteiger partial charge in [-0.25, -0.2) is 0 Å². The number of benzene rings is 2. The van der Waals surface area contributed by atoms with E-state index in [0.29, 0.717) is 19.6 Å². The number of nitrogens with one attached hydrogen (secondary N) is 1. The van der Waals surface area contributed by atoms with Gasteiger partial charge in [0.2, 0.25) is 5.91 Å². The smallest absolute Gasteiger partial charge is 0.219 e. The van der Waals surface area contributed by atoms with Gasteiger partial charge in [0.15, 0.2) is 0 Å². The summed E-state index contributed by atoms with van der Waals surface area (Å²) < 4.78 is 5.82. The summed E-state index contributed by atoms with van der Waals surface area (Å²) in [6.45, 7) is 5.39. The Morgan fingerprint density at radius 1 is 1.14 bits per heavy atom. The Hall–Kier alpha value is -2.90. The molecule has 1 aliphatic rings. The van der Waals surface area contributed by atoms with Gasteiger partial charge in [0.05, 0.1) is 6.20 Å². The Labute approximate surface area is 169 Å². The lowest BCUT2D eigenvalue weighted by Crippen LogP contribution is -2.50. The highest BCUT2D eigenvalue weighted by atomic mass is 16.5. The summed E-state index contributed by atoms with van der Waals surface area (Å²) in [7, 11) is 0. The van der Waals surface area contributed by atoms with Crippen LogP contribution in [0.1, 0.15) is 6.92 Å². The number of aromatic amines is 1. The van der Waals surface area contributed by atoms with Gasteiger partial charge in [-0.1, -0.05) is 18.2 Å². The molecule has 3 aromatic rings. The van der Waals surface area contributed by atoms with E-state index in [9.17, 15) is 9.90 Å². The number of ether oxygens (including phenoxy) is 1. The molecule has 1 aromatic heterocycles. The van der Waals surface area contributed by atoms with Crippen LogP contribution >= 0.6 is 0 Å². The molecule has 0 saturated carbocycles. The van der Waals surface area contributed by atoms with Gasteiger partial charge >= 0.3 is 0 Å². The maximum atomic E-state index is 11.4. The molecule has 7 nitrogen and oxygen atoms in total. The predicted molar refractivity (Wildman–Crippen MR) is 112 cm³/mol. The van der Waals surface area contributed by atoms with Crippen LogP contribution in [0.15, 0.2) is 48.8 Å². The number of amides is 1. The Morgan fingerprint density at radius 2 is 1.90 bits per heavy atom. The van der Waals surface area contributed by atoms with Crippen molar-refractivity contribution in [1.82, 2.24) is 20.0 Å². The fourth-order valence-electron chi connectivity index (χ4n) is 3.69. The van der Waals surface area contributed by atoms with Crippen LogP contribution in [0.3, 0.4) is 0 Å². The molecule has 1 saturated heterocycles. The van der Waals surface area contributed by atoms with Gasteiger partial charge < -0.3 is 14.7 Å². The second-order valence-corrected chi connectivity index (χ2v) is 7.48. The summed E-state index contributed by atoms with van der Waals surface area (Å²) in [6.07, 6.45) is 3.11. The maximum absolute atomic E-state index is 11.4. The normalized spacial score (nSPS) is 16.1. The van der Waals surface area contributed by atoms with Crippen molar-refractivity contribution in [3.05, 3.63) is 48.8 Å². The monoisotopic (exact) mass is 394 g/mol. The van der Waals surface area contributed by atoms with E-state index >= 15 is 0 Å². The zero-order valence-electron chi connectivity index (χ0n) is 16.5. The van der Waals surface area contributed by atoms with Crippen LogP contribution in [-0.2, 0) is 4.79 Å². The van der Waals surface area contributed by atoms with Gasteiger partial charge in [-0.15, -0.1) is 0 Å². The van der Waals surface area contributed by atoms with Gasteiger partial charge in [-0.2, -0.15) is 5.10 Å². The third-order valence-electron chi connectivity index (χ3n) is 5.37. The summed E-state index contributed by atoms with van der Waals surface area (Å²) in [4.78, 5) is 15.4. The van der Waals surface area contributed by atoms with Crippen molar-refractivity contribution in [3.8, 4) is 16.9 Å². The quantitative estimate of drug-likeness (QED) is 0.669. The molecule has 2 aromatic carbocycles. The number of carbonyl (C=O) groups excluding carboxylic acids is 1. The molecule has 0 aliphatic carbocycles. The van der Waals surface area contributed by atoms with Crippen molar-refractivity contribution in [1.29, 1.82) is 0 Å². The summed E-state index contributed by atoms with van der Waals surface area (Å²) in [5.41, 5.74) is 2.17. The van der Waals surface area contributed by atoms with Gasteiger partial charge in [-0.05, 0) is 34.5 Å². The molecule has 7 heteroatoms. The molecule has 2 heterocycles. The van der Waals surface area contributed by atoms with Crippen LogP contribution < -0.4 is 4.74 Å². The first-order valence-corrected chi connectivity index (χ1v) is 9.90. The minimum atomic E-state index is -0.571. The van der Waals surface area contributed by atoms with Gasteiger partial charge in [-0.3, -0.25) is 14.8 Å².